The number of amides is 1. The highest BCUT2D eigenvalue weighted by atomic mass is 32.1. The number of hydrogen-bond donors (Lipinski definition) is 0. The van der Waals surface area contributed by atoms with Gasteiger partial charge in [0.15, 0.2) is 0 Å². The van der Waals surface area contributed by atoms with Gasteiger partial charge in [0.05, 0.1) is 21.8 Å². The van der Waals surface area contributed by atoms with E-state index >= 15 is 0 Å². The molecular weight excluding hydrogens is 332 g/mol. The molecule has 0 N–H and O–H groups in total. The van der Waals surface area contributed by atoms with Crippen LogP contribution in [0.5, 0.6) is 0 Å². The van der Waals surface area contributed by atoms with Crippen molar-refractivity contribution < 1.29 is 4.79 Å². The molecule has 3 aromatic rings. The Morgan fingerprint density at radius 3 is 2.68 bits per heavy atom. The predicted molar refractivity (Wildman–Crippen MR) is 96.6 cm³/mol. The molecule has 1 amide bonds. The van der Waals surface area contributed by atoms with Crippen LogP contribution < -0.4 is 0 Å². The summed E-state index contributed by atoms with van der Waals surface area (Å²) in [5.74, 6) is 1.40. The van der Waals surface area contributed by atoms with E-state index in [9.17, 15) is 4.79 Å². The molecule has 0 bridgehead atoms. The summed E-state index contributed by atoms with van der Waals surface area (Å²) in [7, 11) is 0. The summed E-state index contributed by atoms with van der Waals surface area (Å²) in [4.78, 5) is 28.5. The Morgan fingerprint density at radius 1 is 1.12 bits per heavy atom. The summed E-state index contributed by atoms with van der Waals surface area (Å²) >= 11 is 1.69. The summed E-state index contributed by atoms with van der Waals surface area (Å²) < 4.78 is 1.17. The van der Waals surface area contributed by atoms with Gasteiger partial charge in [-0.3, -0.25) is 4.79 Å². The van der Waals surface area contributed by atoms with Crippen LogP contribution in [0.2, 0.25) is 0 Å². The topological polar surface area (TPSA) is 59.0 Å². The number of likely N-dealkylation sites (tertiary alicyclic amines) is 1. The molecular formula is C19H18N4OS. The van der Waals surface area contributed by atoms with E-state index in [1.165, 1.54) is 17.5 Å². The molecule has 2 aliphatic rings. The van der Waals surface area contributed by atoms with E-state index in [-0.39, 0.29) is 11.9 Å². The third kappa shape index (κ3) is 2.70. The molecule has 2 aromatic heterocycles. The quantitative estimate of drug-likeness (QED) is 0.718. The van der Waals surface area contributed by atoms with Crippen LogP contribution in [0.15, 0.2) is 36.7 Å². The second-order valence-corrected chi connectivity index (χ2v) is 7.84. The standard InChI is InChI=1S/C19H18N4OS/c24-19(13-10-20-17(21-11-13)12-7-8-12)23-9-3-5-15(23)18-22-14-4-1-2-6-16(14)25-18/h1-2,4,6,10-12,15H,3,5,7-9H2. The lowest BCUT2D eigenvalue weighted by Gasteiger charge is -2.22. The van der Waals surface area contributed by atoms with Gasteiger partial charge >= 0.3 is 0 Å². The lowest BCUT2D eigenvalue weighted by atomic mass is 10.2. The molecule has 1 atom stereocenters. The third-order valence-corrected chi connectivity index (χ3v) is 6.11. The Hall–Kier alpha value is -2.34. The number of para-hydroxylation sites is 1. The number of carbonyl (C=O) groups is 1. The van der Waals surface area contributed by atoms with Crippen molar-refractivity contribution in [3.8, 4) is 0 Å². The largest absolute Gasteiger partial charge is 0.329 e. The van der Waals surface area contributed by atoms with Crippen molar-refractivity contribution in [2.45, 2.75) is 37.6 Å². The number of fused-ring (bicyclic) bond motifs is 1. The second-order valence-electron chi connectivity index (χ2n) is 6.78. The number of hydrogen-bond acceptors (Lipinski definition) is 5. The third-order valence-electron chi connectivity index (χ3n) is 4.97. The normalized spacial score (nSPS) is 20.3. The number of aromatic nitrogens is 3. The molecule has 1 saturated carbocycles. The van der Waals surface area contributed by atoms with Crippen LogP contribution in [0.1, 0.15) is 58.8 Å². The minimum Gasteiger partial charge on any atom is -0.329 e. The van der Waals surface area contributed by atoms with E-state index in [4.69, 9.17) is 4.98 Å². The highest BCUT2D eigenvalue weighted by molar-refractivity contribution is 7.18. The molecule has 0 radical (unpaired) electrons. The van der Waals surface area contributed by atoms with E-state index in [2.05, 4.69) is 16.0 Å². The van der Waals surface area contributed by atoms with Gasteiger partial charge in [-0.25, -0.2) is 15.0 Å². The molecule has 5 rings (SSSR count). The van der Waals surface area contributed by atoms with Crippen molar-refractivity contribution in [1.82, 2.24) is 19.9 Å². The van der Waals surface area contributed by atoms with Crippen LogP contribution in [0, 0.1) is 0 Å². The lowest BCUT2D eigenvalue weighted by Crippen LogP contribution is -2.30. The number of carbonyl (C=O) groups excluding carboxylic acids is 1. The van der Waals surface area contributed by atoms with Crippen LogP contribution in [-0.2, 0) is 0 Å². The van der Waals surface area contributed by atoms with Crippen molar-refractivity contribution in [3.05, 3.63) is 53.1 Å². The van der Waals surface area contributed by atoms with Crippen LogP contribution in [0.25, 0.3) is 10.2 Å². The van der Waals surface area contributed by atoms with Gasteiger partial charge in [-0.05, 0) is 37.8 Å². The fraction of sp³-hybridized carbons (Fsp3) is 0.368. The van der Waals surface area contributed by atoms with Gasteiger partial charge < -0.3 is 4.90 Å². The van der Waals surface area contributed by atoms with Crippen LogP contribution >= 0.6 is 11.3 Å². The minimum absolute atomic E-state index is 0.0177. The van der Waals surface area contributed by atoms with Gasteiger partial charge in [0.25, 0.3) is 5.91 Å². The van der Waals surface area contributed by atoms with Gasteiger partial charge in [-0.1, -0.05) is 12.1 Å². The maximum Gasteiger partial charge on any atom is 0.257 e. The molecule has 1 aliphatic carbocycles. The van der Waals surface area contributed by atoms with Crippen LogP contribution in [-0.4, -0.2) is 32.3 Å². The van der Waals surface area contributed by atoms with E-state index in [1.54, 1.807) is 23.7 Å². The minimum atomic E-state index is 0.0177. The Balaban J connectivity index is 1.42. The maximum absolute atomic E-state index is 13.0. The van der Waals surface area contributed by atoms with Crippen molar-refractivity contribution in [2.75, 3.05) is 6.54 Å². The van der Waals surface area contributed by atoms with E-state index in [0.29, 0.717) is 11.5 Å². The first-order valence-electron chi connectivity index (χ1n) is 8.78. The predicted octanol–water partition coefficient (Wildman–Crippen LogP) is 3.94. The summed E-state index contributed by atoms with van der Waals surface area (Å²) in [5, 5.41) is 1.03. The Kier molecular flexibility index (Phi) is 3.52. The highest BCUT2D eigenvalue weighted by Crippen LogP contribution is 2.38. The molecule has 0 spiro atoms. The van der Waals surface area contributed by atoms with Crippen molar-refractivity contribution in [3.63, 3.8) is 0 Å². The van der Waals surface area contributed by atoms with E-state index in [0.717, 1.165) is 35.7 Å². The molecule has 25 heavy (non-hydrogen) atoms. The molecule has 126 valence electrons. The average molecular weight is 350 g/mol. The van der Waals surface area contributed by atoms with Gasteiger partial charge in [0, 0.05) is 24.9 Å². The van der Waals surface area contributed by atoms with Gasteiger partial charge in [-0.2, -0.15) is 0 Å². The zero-order valence-corrected chi connectivity index (χ0v) is 14.6. The van der Waals surface area contributed by atoms with E-state index < -0.39 is 0 Å². The van der Waals surface area contributed by atoms with Crippen LogP contribution in [0.4, 0.5) is 0 Å². The number of benzene rings is 1. The molecule has 1 aliphatic heterocycles. The fourth-order valence-corrected chi connectivity index (χ4v) is 4.58. The summed E-state index contributed by atoms with van der Waals surface area (Å²) in [6, 6.07) is 8.21. The van der Waals surface area contributed by atoms with Gasteiger partial charge in [0.2, 0.25) is 0 Å². The maximum atomic E-state index is 13.0. The van der Waals surface area contributed by atoms with Gasteiger partial charge in [-0.15, -0.1) is 11.3 Å². The SMILES string of the molecule is O=C(c1cnc(C2CC2)nc1)N1CCCC1c1nc2ccccc2s1. The first kappa shape index (κ1) is 15.0. The molecule has 1 aromatic carbocycles. The molecule has 2 fully saturated rings. The zero-order chi connectivity index (χ0) is 16.8. The summed E-state index contributed by atoms with van der Waals surface area (Å²) in [5.41, 5.74) is 1.59. The summed E-state index contributed by atoms with van der Waals surface area (Å²) in [6.07, 6.45) is 7.69. The fourth-order valence-electron chi connectivity index (χ4n) is 3.47. The van der Waals surface area contributed by atoms with Crippen molar-refractivity contribution in [1.29, 1.82) is 0 Å². The highest BCUT2D eigenvalue weighted by Gasteiger charge is 2.33. The number of thiazole rings is 1. The van der Waals surface area contributed by atoms with Crippen molar-refractivity contribution in [2.24, 2.45) is 0 Å². The Labute approximate surface area is 149 Å². The Morgan fingerprint density at radius 2 is 1.92 bits per heavy atom. The van der Waals surface area contributed by atoms with Crippen molar-refractivity contribution >= 4 is 27.5 Å². The smallest absolute Gasteiger partial charge is 0.257 e. The molecule has 1 saturated heterocycles. The van der Waals surface area contributed by atoms with Gasteiger partial charge in [0.1, 0.15) is 10.8 Å². The lowest BCUT2D eigenvalue weighted by molar-refractivity contribution is 0.0734. The van der Waals surface area contributed by atoms with Crippen LogP contribution in [0.3, 0.4) is 0 Å². The first-order chi connectivity index (χ1) is 12.3. The molecule has 1 unspecified atom stereocenters. The summed E-state index contributed by atoms with van der Waals surface area (Å²) in [6.45, 7) is 0.768. The number of nitrogens with zero attached hydrogens (tertiary/aromatic N) is 4. The number of rotatable bonds is 3. The van der Waals surface area contributed by atoms with E-state index in [1.807, 2.05) is 23.1 Å². The second kappa shape index (κ2) is 5.88. The monoisotopic (exact) mass is 350 g/mol. The average Bonchev–Trinajstić information content (AvgIpc) is 3.22. The Bertz CT molecular complexity index is 899. The molecule has 6 heteroatoms. The molecule has 5 nitrogen and oxygen atoms in total. The first-order valence-corrected chi connectivity index (χ1v) is 9.59. The molecule has 3 heterocycles. The zero-order valence-electron chi connectivity index (χ0n) is 13.8.